The average Bonchev–Trinajstić information content (AvgIpc) is 3.01. The molecule has 3 aliphatic carbocycles. The maximum Gasteiger partial charge on any atom is 0.164 e. The van der Waals surface area contributed by atoms with Gasteiger partial charge in [0.1, 0.15) is 5.75 Å². The maximum absolute atomic E-state index is 6.96. The van der Waals surface area contributed by atoms with Crippen LogP contribution in [0.4, 0.5) is 0 Å². The topological polar surface area (TPSA) is 36.9 Å². The normalized spacial score (nSPS) is 36.2. The van der Waals surface area contributed by atoms with Gasteiger partial charge in [-0.15, -0.1) is 0 Å². The highest BCUT2D eigenvalue weighted by molar-refractivity contribution is 5.40. The Bertz CT molecular complexity index is 924. The first-order valence-corrected chi connectivity index (χ1v) is 13.9. The van der Waals surface area contributed by atoms with Gasteiger partial charge in [0.15, 0.2) is 6.29 Å². The highest BCUT2D eigenvalue weighted by atomic mass is 16.7. The van der Waals surface area contributed by atoms with Gasteiger partial charge in [0.25, 0.3) is 0 Å². The van der Waals surface area contributed by atoms with E-state index in [-0.39, 0.29) is 34.1 Å². The summed E-state index contributed by atoms with van der Waals surface area (Å²) in [6, 6.07) is 6.80. The summed E-state index contributed by atoms with van der Waals surface area (Å²) in [6.45, 7) is 18.5. The van der Waals surface area contributed by atoms with Crippen LogP contribution in [0.15, 0.2) is 18.2 Å². The Morgan fingerprint density at radius 1 is 1.03 bits per heavy atom. The van der Waals surface area contributed by atoms with Gasteiger partial charge in [0, 0.05) is 10.8 Å². The lowest BCUT2D eigenvalue weighted by Crippen LogP contribution is -2.50. The van der Waals surface area contributed by atoms with Crippen LogP contribution in [0.5, 0.6) is 5.75 Å². The molecule has 1 aromatic rings. The van der Waals surface area contributed by atoms with Crippen LogP contribution in [0.2, 0.25) is 0 Å². The number of hydrogen-bond donors (Lipinski definition) is 0. The first-order chi connectivity index (χ1) is 16.4. The van der Waals surface area contributed by atoms with Crippen LogP contribution < -0.4 is 4.74 Å². The Morgan fingerprint density at radius 2 is 1.74 bits per heavy atom. The average molecular weight is 485 g/mol. The van der Waals surface area contributed by atoms with Gasteiger partial charge in [-0.1, -0.05) is 54.5 Å². The van der Waals surface area contributed by atoms with Crippen molar-refractivity contribution in [1.82, 2.24) is 0 Å². The standard InChI is InChI=1S/C31H48O4/c1-28(2)17-34-27(35-18-28)30(5,6)19-33-26-29(3,4)16-25-24-11-9-20-15-21(32-8)10-12-22(20)23(24)13-14-31(25,26)7/h10,12,15,23-27H,9,11,13-14,16-19H2,1-8H3/t23?,24?,25?,26-,31-/m0/s1. The molecular formula is C31H48O4. The van der Waals surface area contributed by atoms with Crippen molar-refractivity contribution >= 4 is 0 Å². The number of rotatable bonds is 5. The molecule has 1 heterocycles. The molecule has 0 spiro atoms. The predicted molar refractivity (Wildman–Crippen MR) is 140 cm³/mol. The quantitative estimate of drug-likeness (QED) is 0.451. The second kappa shape index (κ2) is 8.74. The van der Waals surface area contributed by atoms with Crippen LogP contribution >= 0.6 is 0 Å². The summed E-state index contributed by atoms with van der Waals surface area (Å²) in [7, 11) is 1.77. The molecule has 196 valence electrons. The van der Waals surface area contributed by atoms with Crippen molar-refractivity contribution < 1.29 is 18.9 Å². The Labute approximate surface area is 213 Å². The molecular weight excluding hydrogens is 436 g/mol. The third-order valence-corrected chi connectivity index (χ3v) is 9.94. The van der Waals surface area contributed by atoms with Gasteiger partial charge < -0.3 is 18.9 Å². The SMILES string of the molecule is COc1ccc2c(c1)CCC1C2CC[C@@]2(C)C1CC(C)(C)[C@@H]2OCC(C)(C)C1OCC(C)(C)CO1. The van der Waals surface area contributed by atoms with Crippen molar-refractivity contribution in [3.8, 4) is 5.75 Å². The lowest BCUT2D eigenvalue weighted by Gasteiger charge is -2.51. The maximum atomic E-state index is 6.96. The monoisotopic (exact) mass is 484 g/mol. The van der Waals surface area contributed by atoms with Crippen molar-refractivity contribution in [3.63, 3.8) is 0 Å². The van der Waals surface area contributed by atoms with E-state index in [1.54, 1.807) is 12.7 Å². The summed E-state index contributed by atoms with van der Waals surface area (Å²) in [5.74, 6) is 3.14. The van der Waals surface area contributed by atoms with Gasteiger partial charge in [0.05, 0.1) is 33.0 Å². The molecule has 3 fully saturated rings. The van der Waals surface area contributed by atoms with Crippen LogP contribution in [0.25, 0.3) is 0 Å². The zero-order valence-corrected chi connectivity index (χ0v) is 23.4. The number of methoxy groups -OCH3 is 1. The van der Waals surface area contributed by atoms with E-state index < -0.39 is 0 Å². The van der Waals surface area contributed by atoms with E-state index in [0.29, 0.717) is 18.4 Å². The van der Waals surface area contributed by atoms with E-state index >= 15 is 0 Å². The minimum atomic E-state index is -0.203. The highest BCUT2D eigenvalue weighted by Gasteiger charge is 2.62. The molecule has 3 unspecified atom stereocenters. The van der Waals surface area contributed by atoms with Gasteiger partial charge in [-0.2, -0.15) is 0 Å². The molecule has 5 atom stereocenters. The third-order valence-electron chi connectivity index (χ3n) is 9.94. The van der Waals surface area contributed by atoms with Gasteiger partial charge in [-0.3, -0.25) is 0 Å². The Balaban J connectivity index is 1.32. The molecule has 4 aliphatic rings. The first kappa shape index (κ1) is 25.5. The summed E-state index contributed by atoms with van der Waals surface area (Å²) < 4.78 is 24.8. The van der Waals surface area contributed by atoms with E-state index in [0.717, 1.165) is 24.9 Å². The van der Waals surface area contributed by atoms with E-state index in [4.69, 9.17) is 18.9 Å². The fourth-order valence-electron chi connectivity index (χ4n) is 8.24. The largest absolute Gasteiger partial charge is 0.497 e. The minimum Gasteiger partial charge on any atom is -0.497 e. The third kappa shape index (κ3) is 4.46. The van der Waals surface area contributed by atoms with Gasteiger partial charge in [0.2, 0.25) is 0 Å². The number of hydrogen-bond acceptors (Lipinski definition) is 4. The lowest BCUT2D eigenvalue weighted by atomic mass is 9.55. The van der Waals surface area contributed by atoms with Gasteiger partial charge in [-0.05, 0) is 83.9 Å². The molecule has 2 saturated carbocycles. The summed E-state index contributed by atoms with van der Waals surface area (Å²) in [6.07, 6.45) is 6.28. The summed E-state index contributed by atoms with van der Waals surface area (Å²) in [5, 5.41) is 0. The van der Waals surface area contributed by atoms with Crippen molar-refractivity contribution in [1.29, 1.82) is 0 Å². The molecule has 0 radical (unpaired) electrons. The fraction of sp³-hybridized carbons (Fsp3) is 0.806. The molecule has 35 heavy (non-hydrogen) atoms. The number of fused-ring (bicyclic) bond motifs is 5. The molecule has 5 rings (SSSR count). The molecule has 4 nitrogen and oxygen atoms in total. The van der Waals surface area contributed by atoms with Gasteiger partial charge >= 0.3 is 0 Å². The number of aryl methyl sites for hydroxylation is 1. The Morgan fingerprint density at radius 3 is 2.43 bits per heavy atom. The van der Waals surface area contributed by atoms with Crippen LogP contribution in [0.3, 0.4) is 0 Å². The van der Waals surface area contributed by atoms with Crippen LogP contribution in [0.1, 0.15) is 91.2 Å². The highest BCUT2D eigenvalue weighted by Crippen LogP contribution is 2.66. The molecule has 0 bridgehead atoms. The summed E-state index contributed by atoms with van der Waals surface area (Å²) in [5.41, 5.74) is 3.39. The van der Waals surface area contributed by atoms with Crippen molar-refractivity contribution in [2.45, 2.75) is 98.9 Å². The van der Waals surface area contributed by atoms with E-state index in [1.807, 2.05) is 0 Å². The molecule has 0 amide bonds. The van der Waals surface area contributed by atoms with E-state index in [1.165, 1.54) is 37.7 Å². The molecule has 1 aliphatic heterocycles. The fourth-order valence-corrected chi connectivity index (χ4v) is 8.24. The first-order valence-electron chi connectivity index (χ1n) is 13.9. The molecule has 1 aromatic carbocycles. The Kier molecular flexibility index (Phi) is 6.38. The molecule has 0 N–H and O–H groups in total. The van der Waals surface area contributed by atoms with Crippen LogP contribution in [-0.4, -0.2) is 39.3 Å². The molecule has 1 saturated heterocycles. The predicted octanol–water partition coefficient (Wildman–Crippen LogP) is 7.00. The number of benzene rings is 1. The lowest BCUT2D eigenvalue weighted by molar-refractivity contribution is -0.275. The zero-order valence-electron chi connectivity index (χ0n) is 23.4. The van der Waals surface area contributed by atoms with Crippen molar-refractivity contribution in [2.75, 3.05) is 26.9 Å². The number of ether oxygens (including phenoxy) is 4. The second-order valence-electron chi connectivity index (χ2n) is 14.5. The van der Waals surface area contributed by atoms with Gasteiger partial charge in [-0.25, -0.2) is 0 Å². The summed E-state index contributed by atoms with van der Waals surface area (Å²) in [4.78, 5) is 0. The summed E-state index contributed by atoms with van der Waals surface area (Å²) >= 11 is 0. The Hall–Kier alpha value is -1.10. The van der Waals surface area contributed by atoms with E-state index in [9.17, 15) is 0 Å². The smallest absolute Gasteiger partial charge is 0.164 e. The molecule has 4 heteroatoms. The minimum absolute atomic E-state index is 0.0873. The van der Waals surface area contributed by atoms with Crippen molar-refractivity contribution in [2.24, 2.45) is 33.5 Å². The second-order valence-corrected chi connectivity index (χ2v) is 14.5. The van der Waals surface area contributed by atoms with Crippen LogP contribution in [0, 0.1) is 33.5 Å². The van der Waals surface area contributed by atoms with E-state index in [2.05, 4.69) is 66.7 Å². The zero-order chi connectivity index (χ0) is 25.2. The molecule has 0 aromatic heterocycles. The van der Waals surface area contributed by atoms with Crippen LogP contribution in [-0.2, 0) is 20.6 Å². The van der Waals surface area contributed by atoms with Crippen molar-refractivity contribution in [3.05, 3.63) is 29.3 Å².